The molecule has 0 spiro atoms. The first-order chi connectivity index (χ1) is 14.5. The van der Waals surface area contributed by atoms with Crippen LogP contribution >= 0.6 is 11.6 Å². The third-order valence-corrected chi connectivity index (χ3v) is 7.14. The molecular weight excluding hydrogens is 432 g/mol. The summed E-state index contributed by atoms with van der Waals surface area (Å²) in [6, 6.07) is 9.70. The number of carbonyl (C=O) groups excluding carboxylic acids is 1. The molecule has 30 heavy (non-hydrogen) atoms. The maximum Gasteiger partial charge on any atom is 0.251 e. The number of ether oxygens (including phenoxy) is 3. The van der Waals surface area contributed by atoms with Crippen molar-refractivity contribution in [2.24, 2.45) is 0 Å². The molecule has 10 heteroatoms. The van der Waals surface area contributed by atoms with Crippen molar-refractivity contribution >= 4 is 27.5 Å². The van der Waals surface area contributed by atoms with Crippen LogP contribution in [0.15, 0.2) is 41.3 Å². The van der Waals surface area contributed by atoms with Crippen LogP contribution in [0.5, 0.6) is 11.5 Å². The monoisotopic (exact) mass is 452 g/mol. The van der Waals surface area contributed by atoms with Crippen molar-refractivity contribution in [2.45, 2.75) is 11.4 Å². The van der Waals surface area contributed by atoms with Gasteiger partial charge in [-0.05, 0) is 23.8 Å². The molecule has 2 aliphatic heterocycles. The molecule has 0 unspecified atom stereocenters. The van der Waals surface area contributed by atoms with Gasteiger partial charge in [0.05, 0.1) is 23.1 Å². The first kappa shape index (κ1) is 20.9. The van der Waals surface area contributed by atoms with Crippen LogP contribution in [-0.2, 0) is 21.3 Å². The zero-order chi connectivity index (χ0) is 21.1. The highest BCUT2D eigenvalue weighted by molar-refractivity contribution is 7.89. The summed E-state index contributed by atoms with van der Waals surface area (Å²) in [5.41, 5.74) is 0.804. The van der Waals surface area contributed by atoms with Gasteiger partial charge in [-0.15, -0.1) is 0 Å². The van der Waals surface area contributed by atoms with E-state index in [0.29, 0.717) is 62.1 Å². The van der Waals surface area contributed by atoms with E-state index in [2.05, 4.69) is 5.32 Å². The molecule has 2 heterocycles. The molecule has 4 rings (SSSR count). The highest BCUT2D eigenvalue weighted by Gasteiger charge is 2.28. The number of hydrogen-bond acceptors (Lipinski definition) is 6. The maximum absolute atomic E-state index is 13.0. The number of carbonyl (C=O) groups is 1. The number of halogens is 1. The van der Waals surface area contributed by atoms with Gasteiger partial charge >= 0.3 is 0 Å². The lowest BCUT2D eigenvalue weighted by molar-refractivity contribution is 0.0730. The van der Waals surface area contributed by atoms with Crippen molar-refractivity contribution in [1.29, 1.82) is 0 Å². The molecule has 0 saturated carbocycles. The lowest BCUT2D eigenvalue weighted by Crippen LogP contribution is -2.41. The van der Waals surface area contributed by atoms with Crippen molar-refractivity contribution < 1.29 is 27.4 Å². The number of hydrogen-bond donors (Lipinski definition) is 1. The quantitative estimate of drug-likeness (QED) is 0.746. The van der Waals surface area contributed by atoms with Crippen molar-refractivity contribution in [2.75, 3.05) is 39.5 Å². The van der Waals surface area contributed by atoms with Crippen LogP contribution in [0, 0.1) is 0 Å². The molecule has 2 aliphatic rings. The zero-order valence-corrected chi connectivity index (χ0v) is 17.7. The highest BCUT2D eigenvalue weighted by atomic mass is 35.5. The minimum atomic E-state index is -3.68. The Morgan fingerprint density at radius 2 is 1.80 bits per heavy atom. The Labute approximate surface area is 179 Å². The lowest BCUT2D eigenvalue weighted by atomic mass is 10.1. The van der Waals surface area contributed by atoms with Gasteiger partial charge in [-0.25, -0.2) is 8.42 Å². The van der Waals surface area contributed by atoms with Crippen molar-refractivity contribution in [3.8, 4) is 11.5 Å². The summed E-state index contributed by atoms with van der Waals surface area (Å²) in [5, 5.41) is 3.05. The smallest absolute Gasteiger partial charge is 0.251 e. The molecule has 1 saturated heterocycles. The summed E-state index contributed by atoms with van der Waals surface area (Å²) in [6.45, 7) is 2.15. The van der Waals surface area contributed by atoms with Gasteiger partial charge in [0.25, 0.3) is 5.91 Å². The molecule has 160 valence electrons. The van der Waals surface area contributed by atoms with Crippen molar-refractivity contribution in [3.05, 3.63) is 52.5 Å². The molecule has 8 nitrogen and oxygen atoms in total. The Kier molecular flexibility index (Phi) is 6.14. The summed E-state index contributed by atoms with van der Waals surface area (Å²) in [7, 11) is -3.68. The Bertz CT molecular complexity index is 1050. The maximum atomic E-state index is 13.0. The standard InChI is InChI=1S/C20H21ClN2O6S/c21-16-11-15(12-17-19(16)29-10-9-28-17)20(24)22-13-14-3-1-2-4-18(14)30(25,26)23-5-7-27-8-6-23/h1-4,11-12H,5-10,13H2,(H,22,24). The van der Waals surface area contributed by atoms with E-state index in [9.17, 15) is 13.2 Å². The first-order valence-corrected chi connectivity index (χ1v) is 11.3. The molecule has 1 N–H and O–H groups in total. The average molecular weight is 453 g/mol. The van der Waals surface area contributed by atoms with Gasteiger partial charge in [-0.2, -0.15) is 4.31 Å². The molecule has 2 aromatic carbocycles. The van der Waals surface area contributed by atoms with Gasteiger partial charge in [0.2, 0.25) is 10.0 Å². The van der Waals surface area contributed by atoms with Crippen LogP contribution in [0.25, 0.3) is 0 Å². The predicted octanol–water partition coefficient (Wildman–Crippen LogP) is 2.06. The summed E-state index contributed by atoms with van der Waals surface area (Å²) < 4.78 is 43.7. The van der Waals surface area contributed by atoms with Crippen molar-refractivity contribution in [3.63, 3.8) is 0 Å². The first-order valence-electron chi connectivity index (χ1n) is 9.50. The molecule has 1 amide bonds. The Morgan fingerprint density at radius 3 is 2.60 bits per heavy atom. The number of nitrogens with zero attached hydrogens (tertiary/aromatic N) is 1. The lowest BCUT2D eigenvalue weighted by Gasteiger charge is -2.27. The van der Waals surface area contributed by atoms with Crippen LogP contribution in [0.1, 0.15) is 15.9 Å². The molecule has 0 radical (unpaired) electrons. The summed E-state index contributed by atoms with van der Waals surface area (Å²) in [5.74, 6) is 0.433. The van der Waals surface area contributed by atoms with E-state index in [0.717, 1.165) is 0 Å². The number of rotatable bonds is 5. The van der Waals surface area contributed by atoms with Gasteiger partial charge in [0, 0.05) is 25.2 Å². The van der Waals surface area contributed by atoms with Gasteiger partial charge in [0.15, 0.2) is 11.5 Å². The number of morpholine rings is 1. The molecule has 0 aromatic heterocycles. The fourth-order valence-electron chi connectivity index (χ4n) is 3.35. The van der Waals surface area contributed by atoms with Gasteiger partial charge in [-0.1, -0.05) is 29.8 Å². The number of amides is 1. The number of nitrogens with one attached hydrogen (secondary N) is 1. The molecule has 0 bridgehead atoms. The fraction of sp³-hybridized carbons (Fsp3) is 0.350. The Morgan fingerprint density at radius 1 is 1.07 bits per heavy atom. The second kappa shape index (κ2) is 8.81. The second-order valence-corrected chi connectivity index (χ2v) is 9.10. The number of benzene rings is 2. The SMILES string of the molecule is O=C(NCc1ccccc1S(=O)(=O)N1CCOCC1)c1cc(Cl)c2c(c1)OCCO2. The number of sulfonamides is 1. The van der Waals surface area contributed by atoms with E-state index >= 15 is 0 Å². The predicted molar refractivity (Wildman–Crippen MR) is 110 cm³/mol. The summed E-state index contributed by atoms with van der Waals surface area (Å²) >= 11 is 6.20. The molecule has 0 atom stereocenters. The number of fused-ring (bicyclic) bond motifs is 1. The van der Waals surface area contributed by atoms with Crippen molar-refractivity contribution in [1.82, 2.24) is 9.62 Å². The van der Waals surface area contributed by atoms with E-state index in [-0.39, 0.29) is 16.5 Å². The Balaban J connectivity index is 1.52. The zero-order valence-electron chi connectivity index (χ0n) is 16.1. The summed E-state index contributed by atoms with van der Waals surface area (Å²) in [6.07, 6.45) is 0. The second-order valence-electron chi connectivity index (χ2n) is 6.79. The van der Waals surface area contributed by atoms with Gasteiger partial charge < -0.3 is 19.5 Å². The largest absolute Gasteiger partial charge is 0.486 e. The van der Waals surface area contributed by atoms with Crippen LogP contribution in [0.3, 0.4) is 0 Å². The van der Waals surface area contributed by atoms with Crippen LogP contribution < -0.4 is 14.8 Å². The molecule has 0 aliphatic carbocycles. The Hall–Kier alpha value is -2.33. The van der Waals surface area contributed by atoms with E-state index < -0.39 is 15.9 Å². The third-order valence-electron chi connectivity index (χ3n) is 4.86. The van der Waals surface area contributed by atoms with E-state index in [1.54, 1.807) is 30.3 Å². The van der Waals surface area contributed by atoms with Gasteiger partial charge in [0.1, 0.15) is 13.2 Å². The molecular formula is C20H21ClN2O6S. The topological polar surface area (TPSA) is 94.2 Å². The third kappa shape index (κ3) is 4.24. The van der Waals surface area contributed by atoms with Crippen LogP contribution in [0.4, 0.5) is 0 Å². The average Bonchev–Trinajstić information content (AvgIpc) is 2.78. The minimum Gasteiger partial charge on any atom is -0.486 e. The van der Waals surface area contributed by atoms with E-state index in [4.69, 9.17) is 25.8 Å². The van der Waals surface area contributed by atoms with Crippen LogP contribution in [0.2, 0.25) is 5.02 Å². The fourth-order valence-corrected chi connectivity index (χ4v) is 5.24. The van der Waals surface area contributed by atoms with Crippen LogP contribution in [-0.4, -0.2) is 58.1 Å². The summed E-state index contributed by atoms with van der Waals surface area (Å²) in [4.78, 5) is 12.8. The van der Waals surface area contributed by atoms with Gasteiger partial charge in [-0.3, -0.25) is 4.79 Å². The normalized spacial score (nSPS) is 16.8. The minimum absolute atomic E-state index is 0.0463. The molecule has 2 aromatic rings. The highest BCUT2D eigenvalue weighted by Crippen LogP contribution is 2.38. The molecule has 1 fully saturated rings. The van der Waals surface area contributed by atoms with E-state index in [1.165, 1.54) is 10.4 Å². The van der Waals surface area contributed by atoms with E-state index in [1.807, 2.05) is 0 Å².